The molecule has 1 saturated carbocycles. The first-order valence-electron chi connectivity index (χ1n) is 5.68. The van der Waals surface area contributed by atoms with Crippen LogP contribution in [0.15, 0.2) is 28.8 Å². The first-order valence-corrected chi connectivity index (χ1v) is 6.05. The molecule has 2 unspecified atom stereocenters. The summed E-state index contributed by atoms with van der Waals surface area (Å²) in [5.41, 5.74) is 7.77. The number of anilines is 1. The van der Waals surface area contributed by atoms with E-state index in [-0.39, 0.29) is 0 Å². The minimum Gasteiger partial charge on any atom is -0.380 e. The maximum Gasteiger partial charge on any atom is 0.175 e. The fourth-order valence-corrected chi connectivity index (χ4v) is 2.38. The molecule has 17 heavy (non-hydrogen) atoms. The van der Waals surface area contributed by atoms with E-state index in [1.165, 1.54) is 0 Å². The summed E-state index contributed by atoms with van der Waals surface area (Å²) < 4.78 is 5.37. The van der Waals surface area contributed by atoms with Crippen LogP contribution in [-0.2, 0) is 0 Å². The number of benzene rings is 1. The van der Waals surface area contributed by atoms with Crippen molar-refractivity contribution in [2.75, 3.05) is 5.73 Å². The molecule has 1 aromatic heterocycles. The van der Waals surface area contributed by atoms with Crippen molar-refractivity contribution in [2.24, 2.45) is 5.92 Å². The molecular weight excluding hydrogens is 236 g/mol. The fourth-order valence-electron chi connectivity index (χ4n) is 2.19. The first-order chi connectivity index (χ1) is 8.16. The van der Waals surface area contributed by atoms with Crippen molar-refractivity contribution >= 4 is 17.4 Å². The summed E-state index contributed by atoms with van der Waals surface area (Å²) in [6.07, 6.45) is 1.14. The summed E-state index contributed by atoms with van der Waals surface area (Å²) in [5.74, 6) is 2.45. The molecule has 0 saturated heterocycles. The zero-order chi connectivity index (χ0) is 12.0. The molecule has 0 bridgehead atoms. The van der Waals surface area contributed by atoms with Crippen molar-refractivity contribution in [1.29, 1.82) is 0 Å². The molecule has 0 radical (unpaired) electrons. The Labute approximate surface area is 105 Å². The zero-order valence-corrected chi connectivity index (χ0v) is 10.2. The van der Waals surface area contributed by atoms with Crippen molar-refractivity contribution in [1.82, 2.24) is 5.16 Å². The Morgan fingerprint density at radius 1 is 1.47 bits per heavy atom. The van der Waals surface area contributed by atoms with Crippen molar-refractivity contribution < 1.29 is 4.52 Å². The standard InChI is InChI=1S/C13H13ClN2O/c1-7-5-10(7)12-11(13(15)16-17-12)8-3-2-4-9(14)6-8/h2-4,6-7,10H,5H2,1H3,(H2,15,16). The van der Waals surface area contributed by atoms with Crippen LogP contribution in [-0.4, -0.2) is 5.16 Å². The van der Waals surface area contributed by atoms with Crippen LogP contribution in [0.2, 0.25) is 5.02 Å². The minimum absolute atomic E-state index is 0.446. The number of halogens is 1. The topological polar surface area (TPSA) is 52.0 Å². The molecule has 4 heteroatoms. The van der Waals surface area contributed by atoms with E-state index in [2.05, 4.69) is 12.1 Å². The monoisotopic (exact) mass is 248 g/mol. The van der Waals surface area contributed by atoms with Gasteiger partial charge in [-0.25, -0.2) is 0 Å². The van der Waals surface area contributed by atoms with Crippen LogP contribution in [0.25, 0.3) is 11.1 Å². The maximum absolute atomic E-state index is 6.00. The summed E-state index contributed by atoms with van der Waals surface area (Å²) in [7, 11) is 0. The van der Waals surface area contributed by atoms with Gasteiger partial charge in [-0.05, 0) is 30.0 Å². The number of nitrogens with zero attached hydrogens (tertiary/aromatic N) is 1. The Hall–Kier alpha value is -1.48. The number of hydrogen-bond donors (Lipinski definition) is 1. The third kappa shape index (κ3) is 1.80. The van der Waals surface area contributed by atoms with E-state index in [0.717, 1.165) is 23.3 Å². The van der Waals surface area contributed by atoms with Gasteiger partial charge in [-0.15, -0.1) is 0 Å². The van der Waals surface area contributed by atoms with Gasteiger partial charge >= 0.3 is 0 Å². The third-order valence-electron chi connectivity index (χ3n) is 3.30. The third-order valence-corrected chi connectivity index (χ3v) is 3.54. The molecule has 0 spiro atoms. The summed E-state index contributed by atoms with van der Waals surface area (Å²) in [6.45, 7) is 2.20. The van der Waals surface area contributed by atoms with E-state index in [0.29, 0.717) is 22.7 Å². The maximum atomic E-state index is 6.00. The summed E-state index contributed by atoms with van der Waals surface area (Å²) in [4.78, 5) is 0. The van der Waals surface area contributed by atoms with Gasteiger partial charge < -0.3 is 10.3 Å². The second-order valence-electron chi connectivity index (χ2n) is 4.64. The Bertz CT molecular complexity index is 564. The van der Waals surface area contributed by atoms with Crippen molar-refractivity contribution in [3.63, 3.8) is 0 Å². The Kier molecular flexibility index (Phi) is 2.37. The van der Waals surface area contributed by atoms with E-state index in [1.54, 1.807) is 0 Å². The number of aromatic nitrogens is 1. The van der Waals surface area contributed by atoms with Gasteiger partial charge in [0.05, 0.1) is 5.56 Å². The Morgan fingerprint density at radius 3 is 2.88 bits per heavy atom. The predicted molar refractivity (Wildman–Crippen MR) is 67.9 cm³/mol. The van der Waals surface area contributed by atoms with Crippen molar-refractivity contribution in [3.8, 4) is 11.1 Å². The molecule has 1 fully saturated rings. The van der Waals surface area contributed by atoms with Gasteiger partial charge in [0.2, 0.25) is 0 Å². The Balaban J connectivity index is 2.10. The van der Waals surface area contributed by atoms with E-state index < -0.39 is 0 Å². The highest BCUT2D eigenvalue weighted by atomic mass is 35.5. The molecular formula is C13H13ClN2O. The number of nitrogens with two attached hydrogens (primary N) is 1. The quantitative estimate of drug-likeness (QED) is 0.882. The average molecular weight is 249 g/mol. The van der Waals surface area contributed by atoms with Crippen LogP contribution in [0.1, 0.15) is 25.0 Å². The molecule has 1 aromatic carbocycles. The lowest BCUT2D eigenvalue weighted by Gasteiger charge is -2.02. The Morgan fingerprint density at radius 2 is 2.24 bits per heavy atom. The molecule has 3 nitrogen and oxygen atoms in total. The van der Waals surface area contributed by atoms with Gasteiger partial charge in [0.25, 0.3) is 0 Å². The van der Waals surface area contributed by atoms with Gasteiger partial charge in [-0.3, -0.25) is 0 Å². The molecule has 2 N–H and O–H groups in total. The number of hydrogen-bond acceptors (Lipinski definition) is 3. The van der Waals surface area contributed by atoms with Crippen molar-refractivity contribution in [2.45, 2.75) is 19.3 Å². The number of nitrogen functional groups attached to an aromatic ring is 1. The van der Waals surface area contributed by atoms with Crippen LogP contribution in [0.3, 0.4) is 0 Å². The fraction of sp³-hybridized carbons (Fsp3) is 0.308. The lowest BCUT2D eigenvalue weighted by atomic mass is 10.0. The molecule has 1 aliphatic carbocycles. The van der Waals surface area contributed by atoms with Gasteiger partial charge in [0, 0.05) is 10.9 Å². The van der Waals surface area contributed by atoms with Crippen LogP contribution in [0.4, 0.5) is 5.82 Å². The molecule has 3 rings (SSSR count). The first kappa shape index (κ1) is 10.7. The van der Waals surface area contributed by atoms with Crippen molar-refractivity contribution in [3.05, 3.63) is 35.0 Å². The van der Waals surface area contributed by atoms with Crippen LogP contribution < -0.4 is 5.73 Å². The van der Waals surface area contributed by atoms with Gasteiger partial charge in [0.15, 0.2) is 5.82 Å². The van der Waals surface area contributed by atoms with Gasteiger partial charge in [-0.1, -0.05) is 35.8 Å². The van der Waals surface area contributed by atoms with E-state index in [9.17, 15) is 0 Å². The zero-order valence-electron chi connectivity index (χ0n) is 9.48. The smallest absolute Gasteiger partial charge is 0.175 e. The normalized spacial score (nSPS) is 22.7. The van der Waals surface area contributed by atoms with E-state index in [4.69, 9.17) is 21.9 Å². The lowest BCUT2D eigenvalue weighted by Crippen LogP contribution is -1.90. The van der Waals surface area contributed by atoms with E-state index in [1.807, 2.05) is 24.3 Å². The van der Waals surface area contributed by atoms with E-state index >= 15 is 0 Å². The largest absolute Gasteiger partial charge is 0.380 e. The highest BCUT2D eigenvalue weighted by molar-refractivity contribution is 6.30. The second-order valence-corrected chi connectivity index (χ2v) is 5.07. The van der Waals surface area contributed by atoms with Crippen LogP contribution in [0.5, 0.6) is 0 Å². The molecule has 1 aliphatic rings. The van der Waals surface area contributed by atoms with Crippen LogP contribution in [0, 0.1) is 5.92 Å². The molecule has 0 aliphatic heterocycles. The minimum atomic E-state index is 0.446. The SMILES string of the molecule is CC1CC1c1onc(N)c1-c1cccc(Cl)c1. The lowest BCUT2D eigenvalue weighted by molar-refractivity contribution is 0.384. The summed E-state index contributed by atoms with van der Waals surface area (Å²) in [5, 5.41) is 4.57. The van der Waals surface area contributed by atoms with Gasteiger partial charge in [0.1, 0.15) is 5.76 Å². The molecule has 2 aromatic rings. The second kappa shape index (κ2) is 3.77. The van der Waals surface area contributed by atoms with Crippen LogP contribution >= 0.6 is 11.6 Å². The highest BCUT2D eigenvalue weighted by Gasteiger charge is 2.40. The molecule has 0 amide bonds. The predicted octanol–water partition coefficient (Wildman–Crippen LogP) is 3.70. The molecule has 1 heterocycles. The molecule has 88 valence electrons. The molecule has 2 atom stereocenters. The highest BCUT2D eigenvalue weighted by Crippen LogP contribution is 2.51. The summed E-state index contributed by atoms with van der Waals surface area (Å²) in [6, 6.07) is 7.62. The van der Waals surface area contributed by atoms with Gasteiger partial charge in [-0.2, -0.15) is 0 Å². The average Bonchev–Trinajstić information content (AvgIpc) is 2.88. The summed E-state index contributed by atoms with van der Waals surface area (Å²) >= 11 is 6.00. The number of rotatable bonds is 2.